The fourth-order valence-electron chi connectivity index (χ4n) is 2.82. The molecule has 0 saturated heterocycles. The number of carbonyl (C=O) groups excluding carboxylic acids is 1. The van der Waals surface area contributed by atoms with Gasteiger partial charge in [0.2, 0.25) is 5.91 Å². The van der Waals surface area contributed by atoms with Gasteiger partial charge in [0, 0.05) is 58.2 Å². The molecule has 0 saturated carbocycles. The van der Waals surface area contributed by atoms with Crippen molar-refractivity contribution in [2.75, 3.05) is 34.3 Å². The van der Waals surface area contributed by atoms with Gasteiger partial charge in [-0.25, -0.2) is 0 Å². The van der Waals surface area contributed by atoms with Crippen LogP contribution in [0.4, 0.5) is 0 Å². The minimum absolute atomic E-state index is 0. The van der Waals surface area contributed by atoms with Gasteiger partial charge in [-0.2, -0.15) is 0 Å². The number of guanidine groups is 1. The summed E-state index contributed by atoms with van der Waals surface area (Å²) in [5, 5.41) is 6.42. The van der Waals surface area contributed by atoms with Gasteiger partial charge in [-0.05, 0) is 26.0 Å². The van der Waals surface area contributed by atoms with Crippen molar-refractivity contribution in [2.24, 2.45) is 4.99 Å². The zero-order valence-electron chi connectivity index (χ0n) is 16.8. The van der Waals surface area contributed by atoms with Crippen LogP contribution in [0, 0.1) is 0 Å². The Balaban J connectivity index is 0.00000364. The first-order valence-electron chi connectivity index (χ1n) is 9.04. The second-order valence-corrected chi connectivity index (χ2v) is 6.52. The third-order valence-corrected chi connectivity index (χ3v) is 4.18. The van der Waals surface area contributed by atoms with Crippen molar-refractivity contribution in [3.8, 4) is 11.5 Å². The quantitative estimate of drug-likeness (QED) is 0.348. The van der Waals surface area contributed by atoms with Crippen LogP contribution in [0.15, 0.2) is 17.1 Å². The summed E-state index contributed by atoms with van der Waals surface area (Å²) in [5.41, 5.74) is 2.21. The maximum Gasteiger partial charge on any atom is 0.223 e. The molecule has 2 rings (SSSR count). The lowest BCUT2D eigenvalue weighted by Crippen LogP contribution is -2.38. The smallest absolute Gasteiger partial charge is 0.223 e. The molecule has 1 atom stereocenters. The average molecular weight is 490 g/mol. The Labute approximate surface area is 178 Å². The number of fused-ring (bicyclic) bond motifs is 1. The van der Waals surface area contributed by atoms with E-state index in [2.05, 4.69) is 28.6 Å². The van der Waals surface area contributed by atoms with Gasteiger partial charge >= 0.3 is 0 Å². The zero-order valence-corrected chi connectivity index (χ0v) is 19.1. The van der Waals surface area contributed by atoms with Gasteiger partial charge < -0.3 is 25.0 Å². The number of hydrogen-bond acceptors (Lipinski definition) is 4. The number of nitrogens with one attached hydrogen (secondary N) is 2. The summed E-state index contributed by atoms with van der Waals surface area (Å²) in [6.45, 7) is 5.74. The molecule has 0 bridgehead atoms. The van der Waals surface area contributed by atoms with E-state index in [0.29, 0.717) is 32.1 Å². The molecule has 1 aliphatic heterocycles. The molecular formula is C19H31IN4O3. The van der Waals surface area contributed by atoms with Crippen LogP contribution in [0.1, 0.15) is 31.4 Å². The molecule has 1 unspecified atom stereocenters. The monoisotopic (exact) mass is 490 g/mol. The highest BCUT2D eigenvalue weighted by Gasteiger charge is 2.21. The Morgan fingerprint density at radius 3 is 2.74 bits per heavy atom. The Bertz CT molecular complexity index is 665. The highest BCUT2D eigenvalue weighted by atomic mass is 127. The minimum atomic E-state index is 0. The summed E-state index contributed by atoms with van der Waals surface area (Å²) >= 11 is 0. The normalized spacial score (nSPS) is 15.3. The Hall–Kier alpha value is -1.71. The lowest BCUT2D eigenvalue weighted by atomic mass is 10.1. The zero-order chi connectivity index (χ0) is 19.1. The van der Waals surface area contributed by atoms with E-state index >= 15 is 0 Å². The number of carbonyl (C=O) groups is 1. The Kier molecular flexibility index (Phi) is 9.68. The highest BCUT2D eigenvalue weighted by Crippen LogP contribution is 2.35. The maximum absolute atomic E-state index is 11.6. The summed E-state index contributed by atoms with van der Waals surface area (Å²) in [6.07, 6.45) is 1.53. The average Bonchev–Trinajstić information content (AvgIpc) is 2.96. The van der Waals surface area contributed by atoms with Crippen LogP contribution in [-0.2, 0) is 17.8 Å². The fraction of sp³-hybridized carbons (Fsp3) is 0.579. The van der Waals surface area contributed by atoms with Crippen LogP contribution in [-0.4, -0.2) is 57.2 Å². The molecular weight excluding hydrogens is 459 g/mol. The predicted octanol–water partition coefficient (Wildman–Crippen LogP) is 2.17. The summed E-state index contributed by atoms with van der Waals surface area (Å²) in [7, 11) is 5.21. The summed E-state index contributed by atoms with van der Waals surface area (Å²) < 4.78 is 11.7. The van der Waals surface area contributed by atoms with Gasteiger partial charge in [-0.1, -0.05) is 0 Å². The molecule has 2 N–H and O–H groups in total. The third-order valence-electron chi connectivity index (χ3n) is 4.18. The van der Waals surface area contributed by atoms with Crippen LogP contribution in [0.25, 0.3) is 0 Å². The van der Waals surface area contributed by atoms with Gasteiger partial charge in [0.15, 0.2) is 5.96 Å². The molecule has 152 valence electrons. The molecule has 1 amide bonds. The first-order chi connectivity index (χ1) is 12.4. The highest BCUT2D eigenvalue weighted by molar-refractivity contribution is 14.0. The molecule has 27 heavy (non-hydrogen) atoms. The number of halogens is 1. The summed E-state index contributed by atoms with van der Waals surface area (Å²) in [6, 6.07) is 4.12. The first kappa shape index (κ1) is 23.3. The molecule has 1 aliphatic rings. The van der Waals surface area contributed by atoms with Crippen molar-refractivity contribution in [2.45, 2.75) is 39.3 Å². The maximum atomic E-state index is 11.6. The van der Waals surface area contributed by atoms with E-state index in [9.17, 15) is 4.79 Å². The topological polar surface area (TPSA) is 75.2 Å². The van der Waals surface area contributed by atoms with Crippen LogP contribution in [0.3, 0.4) is 0 Å². The summed E-state index contributed by atoms with van der Waals surface area (Å²) in [5.74, 6) is 2.53. The molecule has 0 aliphatic carbocycles. The van der Waals surface area contributed by atoms with E-state index in [1.165, 1.54) is 5.56 Å². The van der Waals surface area contributed by atoms with Crippen molar-refractivity contribution in [3.63, 3.8) is 0 Å². The number of rotatable bonds is 7. The SMILES string of the molecule is CCOc1cc2c(cc1CNC(=NC)NCCC(=O)N(C)C)OC(C)C2.I. The fourth-order valence-corrected chi connectivity index (χ4v) is 2.82. The van der Waals surface area contributed by atoms with E-state index in [1.807, 2.05) is 13.0 Å². The molecule has 7 nitrogen and oxygen atoms in total. The Morgan fingerprint density at radius 2 is 2.11 bits per heavy atom. The van der Waals surface area contributed by atoms with Crippen LogP contribution in [0.2, 0.25) is 0 Å². The number of aliphatic imine (C=N–C) groups is 1. The van der Waals surface area contributed by atoms with E-state index in [1.54, 1.807) is 26.0 Å². The van der Waals surface area contributed by atoms with Crippen LogP contribution in [0.5, 0.6) is 11.5 Å². The number of nitrogens with zero attached hydrogens (tertiary/aromatic N) is 2. The van der Waals surface area contributed by atoms with Gasteiger partial charge in [0.25, 0.3) is 0 Å². The van der Waals surface area contributed by atoms with Gasteiger partial charge in [0.05, 0.1) is 6.61 Å². The third kappa shape index (κ3) is 6.75. The molecule has 0 aromatic heterocycles. The second kappa shape index (κ2) is 11.2. The van der Waals surface area contributed by atoms with E-state index in [0.717, 1.165) is 23.5 Å². The molecule has 0 radical (unpaired) electrons. The van der Waals surface area contributed by atoms with E-state index in [-0.39, 0.29) is 36.0 Å². The number of ether oxygens (including phenoxy) is 2. The largest absolute Gasteiger partial charge is 0.494 e. The summed E-state index contributed by atoms with van der Waals surface area (Å²) in [4.78, 5) is 17.4. The molecule has 0 spiro atoms. The number of amides is 1. The lowest BCUT2D eigenvalue weighted by Gasteiger charge is -2.16. The van der Waals surface area contributed by atoms with Gasteiger partial charge in [-0.3, -0.25) is 9.79 Å². The first-order valence-corrected chi connectivity index (χ1v) is 9.04. The van der Waals surface area contributed by atoms with Crippen LogP contribution < -0.4 is 20.1 Å². The standard InChI is InChI=1S/C19H30N4O3.HI/c1-6-25-16-10-14-9-13(2)26-17(14)11-15(16)12-22-19(20-3)21-8-7-18(24)23(4)5;/h10-11,13H,6-9,12H2,1-5H3,(H2,20,21,22);1H. The number of benzene rings is 1. The van der Waals surface area contributed by atoms with Crippen LogP contribution >= 0.6 is 24.0 Å². The van der Waals surface area contributed by atoms with Crippen molar-refractivity contribution in [1.82, 2.24) is 15.5 Å². The van der Waals surface area contributed by atoms with Gasteiger partial charge in [-0.15, -0.1) is 24.0 Å². The molecule has 1 heterocycles. The minimum Gasteiger partial charge on any atom is -0.494 e. The van der Waals surface area contributed by atoms with Gasteiger partial charge in [0.1, 0.15) is 17.6 Å². The second-order valence-electron chi connectivity index (χ2n) is 6.52. The lowest BCUT2D eigenvalue weighted by molar-refractivity contribution is -0.128. The van der Waals surface area contributed by atoms with E-state index in [4.69, 9.17) is 9.47 Å². The molecule has 8 heteroatoms. The molecule has 0 fully saturated rings. The van der Waals surface area contributed by atoms with Crippen molar-refractivity contribution in [1.29, 1.82) is 0 Å². The predicted molar refractivity (Wildman–Crippen MR) is 118 cm³/mol. The van der Waals surface area contributed by atoms with Crippen molar-refractivity contribution >= 4 is 35.8 Å². The Morgan fingerprint density at radius 1 is 1.37 bits per heavy atom. The number of hydrogen-bond donors (Lipinski definition) is 2. The molecule has 1 aromatic carbocycles. The van der Waals surface area contributed by atoms with Crippen molar-refractivity contribution < 1.29 is 14.3 Å². The molecule has 1 aromatic rings. The van der Waals surface area contributed by atoms with E-state index < -0.39 is 0 Å². The van der Waals surface area contributed by atoms with Crippen molar-refractivity contribution in [3.05, 3.63) is 23.3 Å².